The van der Waals surface area contributed by atoms with E-state index in [1.165, 1.54) is 4.90 Å². The average Bonchev–Trinajstić information content (AvgIpc) is 3.46. The highest BCUT2D eigenvalue weighted by atomic mass is 16.7. The topological polar surface area (TPSA) is 88.5 Å². The van der Waals surface area contributed by atoms with Crippen molar-refractivity contribution in [3.63, 3.8) is 0 Å². The van der Waals surface area contributed by atoms with Gasteiger partial charge in [0.2, 0.25) is 6.79 Å². The largest absolute Gasteiger partial charge is 0.507 e. The van der Waals surface area contributed by atoms with Gasteiger partial charge in [0, 0.05) is 37.1 Å². The van der Waals surface area contributed by atoms with Crippen LogP contribution in [0, 0.1) is 6.92 Å². The molecule has 2 aliphatic rings. The molecule has 5 rings (SSSR count). The van der Waals surface area contributed by atoms with Gasteiger partial charge in [-0.2, -0.15) is 0 Å². The minimum absolute atomic E-state index is 0.0174. The van der Waals surface area contributed by atoms with Crippen LogP contribution in [-0.2, 0) is 9.59 Å². The molecule has 1 saturated heterocycles. The van der Waals surface area contributed by atoms with Crippen LogP contribution < -0.4 is 24.0 Å². The molecule has 0 aromatic heterocycles. The quantitative estimate of drug-likeness (QED) is 0.295. The number of ether oxygens (including phenoxy) is 3. The van der Waals surface area contributed by atoms with Crippen LogP contribution in [0.2, 0.25) is 0 Å². The summed E-state index contributed by atoms with van der Waals surface area (Å²) in [6, 6.07) is 17.0. The maximum atomic E-state index is 13.5. The molecule has 3 aromatic carbocycles. The van der Waals surface area contributed by atoms with Gasteiger partial charge < -0.3 is 24.2 Å². The van der Waals surface area contributed by atoms with Crippen LogP contribution in [0.1, 0.15) is 29.7 Å². The Morgan fingerprint density at radius 2 is 1.76 bits per heavy atom. The number of amides is 1. The first-order valence-corrected chi connectivity index (χ1v) is 12.0. The normalized spacial score (nSPS) is 17.8. The summed E-state index contributed by atoms with van der Waals surface area (Å²) < 4.78 is 16.5. The van der Waals surface area contributed by atoms with Crippen LogP contribution in [0.25, 0.3) is 5.76 Å². The molecule has 2 heterocycles. The highest BCUT2D eigenvalue weighted by Gasteiger charge is 2.47. The van der Waals surface area contributed by atoms with E-state index in [2.05, 4.69) is 0 Å². The van der Waals surface area contributed by atoms with Crippen molar-refractivity contribution in [1.29, 1.82) is 0 Å². The van der Waals surface area contributed by atoms with Crippen molar-refractivity contribution < 1.29 is 28.9 Å². The van der Waals surface area contributed by atoms with Gasteiger partial charge in [-0.05, 0) is 67.4 Å². The smallest absolute Gasteiger partial charge is 0.300 e. The number of aryl methyl sites for hydroxylation is 1. The lowest BCUT2D eigenvalue weighted by Crippen LogP contribution is -2.29. The number of anilines is 2. The fourth-order valence-corrected chi connectivity index (χ4v) is 4.67. The molecule has 8 nitrogen and oxygen atoms in total. The monoisotopic (exact) mass is 500 g/mol. The van der Waals surface area contributed by atoms with E-state index in [0.717, 1.165) is 11.3 Å². The van der Waals surface area contributed by atoms with Gasteiger partial charge in [-0.15, -0.1) is 0 Å². The number of aliphatic hydroxyl groups excluding tert-OH is 1. The predicted molar refractivity (Wildman–Crippen MR) is 140 cm³/mol. The molecule has 1 N–H and O–H groups in total. The van der Waals surface area contributed by atoms with Crippen molar-refractivity contribution in [1.82, 2.24) is 0 Å². The van der Waals surface area contributed by atoms with Crippen LogP contribution in [0.15, 0.2) is 66.2 Å². The van der Waals surface area contributed by atoms with E-state index < -0.39 is 17.7 Å². The van der Waals surface area contributed by atoms with Crippen LogP contribution in [-0.4, -0.2) is 44.3 Å². The van der Waals surface area contributed by atoms with E-state index in [0.29, 0.717) is 40.7 Å². The van der Waals surface area contributed by atoms with E-state index in [4.69, 9.17) is 14.2 Å². The highest BCUT2D eigenvalue weighted by molar-refractivity contribution is 6.51. The summed E-state index contributed by atoms with van der Waals surface area (Å²) in [6.07, 6.45) is 0. The van der Waals surface area contributed by atoms with Gasteiger partial charge in [0.15, 0.2) is 11.5 Å². The number of hydrogen-bond acceptors (Lipinski definition) is 7. The summed E-state index contributed by atoms with van der Waals surface area (Å²) in [7, 11) is 3.86. The molecule has 190 valence electrons. The third-order valence-corrected chi connectivity index (χ3v) is 6.55. The van der Waals surface area contributed by atoms with Crippen molar-refractivity contribution >= 4 is 28.8 Å². The molecule has 1 unspecified atom stereocenters. The van der Waals surface area contributed by atoms with Crippen molar-refractivity contribution in [2.75, 3.05) is 37.3 Å². The number of Topliss-reactive ketones (excluding diaryl/α,β-unsaturated/α-hetero) is 1. The van der Waals surface area contributed by atoms with Gasteiger partial charge in [-0.25, -0.2) is 0 Å². The second-order valence-electron chi connectivity index (χ2n) is 9.11. The van der Waals surface area contributed by atoms with Crippen LogP contribution >= 0.6 is 0 Å². The Bertz CT molecular complexity index is 1410. The Labute approximate surface area is 215 Å². The number of fused-ring (bicyclic) bond motifs is 1. The average molecular weight is 501 g/mol. The highest BCUT2D eigenvalue weighted by Crippen LogP contribution is 2.45. The van der Waals surface area contributed by atoms with Crippen molar-refractivity contribution in [2.24, 2.45) is 0 Å². The third kappa shape index (κ3) is 4.24. The van der Waals surface area contributed by atoms with E-state index in [-0.39, 0.29) is 18.1 Å². The number of carbonyl (C=O) groups is 2. The minimum atomic E-state index is -0.844. The molecule has 1 amide bonds. The fraction of sp³-hybridized carbons (Fsp3) is 0.241. The van der Waals surface area contributed by atoms with Gasteiger partial charge in [0.05, 0.1) is 18.2 Å². The number of rotatable bonds is 6. The van der Waals surface area contributed by atoms with Crippen LogP contribution in [0.3, 0.4) is 0 Å². The fourth-order valence-electron chi connectivity index (χ4n) is 4.67. The van der Waals surface area contributed by atoms with Crippen molar-refractivity contribution in [3.05, 3.63) is 82.9 Å². The second-order valence-corrected chi connectivity index (χ2v) is 9.11. The maximum absolute atomic E-state index is 13.5. The molecule has 1 atom stereocenters. The van der Waals surface area contributed by atoms with Crippen LogP contribution in [0.5, 0.6) is 17.2 Å². The molecular weight excluding hydrogens is 472 g/mol. The molecule has 0 saturated carbocycles. The van der Waals surface area contributed by atoms with Gasteiger partial charge in [0.25, 0.3) is 11.7 Å². The minimum Gasteiger partial charge on any atom is -0.507 e. The number of hydrogen-bond donors (Lipinski definition) is 1. The zero-order chi connectivity index (χ0) is 26.3. The van der Waals surface area contributed by atoms with Gasteiger partial charge >= 0.3 is 0 Å². The second kappa shape index (κ2) is 9.54. The first-order chi connectivity index (χ1) is 17.8. The van der Waals surface area contributed by atoms with E-state index >= 15 is 0 Å². The molecule has 0 radical (unpaired) electrons. The Hall–Kier alpha value is -4.46. The van der Waals surface area contributed by atoms with Gasteiger partial charge in [-0.3, -0.25) is 14.5 Å². The molecular formula is C29H28N2O6. The summed E-state index contributed by atoms with van der Waals surface area (Å²) in [6.45, 7) is 4.36. The molecule has 0 aliphatic carbocycles. The summed E-state index contributed by atoms with van der Waals surface area (Å²) in [5.41, 5.74) is 3.37. The van der Waals surface area contributed by atoms with Gasteiger partial charge in [0.1, 0.15) is 11.5 Å². The van der Waals surface area contributed by atoms with Crippen LogP contribution in [0.4, 0.5) is 11.4 Å². The molecule has 2 aliphatic heterocycles. The number of nitrogens with zero attached hydrogens (tertiary/aromatic N) is 2. The molecule has 0 bridgehead atoms. The lowest BCUT2D eigenvalue weighted by Gasteiger charge is -2.26. The molecule has 8 heteroatoms. The number of benzene rings is 3. The molecule has 3 aromatic rings. The zero-order valence-corrected chi connectivity index (χ0v) is 21.1. The van der Waals surface area contributed by atoms with E-state index in [1.54, 1.807) is 36.4 Å². The zero-order valence-electron chi connectivity index (χ0n) is 21.1. The van der Waals surface area contributed by atoms with Crippen molar-refractivity contribution in [2.45, 2.75) is 19.9 Å². The Morgan fingerprint density at radius 1 is 1.03 bits per heavy atom. The molecule has 37 heavy (non-hydrogen) atoms. The number of carbonyl (C=O) groups excluding carboxylic acids is 2. The Morgan fingerprint density at radius 3 is 2.43 bits per heavy atom. The Kier molecular flexibility index (Phi) is 6.25. The SMILES string of the molecule is CCOc1ccc(/C(O)=C2\C(=O)C(=O)N(c3ccc4c(c3)OCO4)C2c2ccc(N(C)C)cc2)cc1C. The first kappa shape index (κ1) is 24.2. The van der Waals surface area contributed by atoms with Crippen molar-refractivity contribution in [3.8, 4) is 17.2 Å². The lowest BCUT2D eigenvalue weighted by atomic mass is 9.94. The number of ketones is 1. The summed E-state index contributed by atoms with van der Waals surface area (Å²) in [5.74, 6) is 0.0126. The Balaban J connectivity index is 1.67. The van der Waals surface area contributed by atoms with E-state index in [9.17, 15) is 14.7 Å². The van der Waals surface area contributed by atoms with E-state index in [1.807, 2.05) is 57.1 Å². The lowest BCUT2D eigenvalue weighted by molar-refractivity contribution is -0.132. The third-order valence-electron chi connectivity index (χ3n) is 6.55. The molecule has 0 spiro atoms. The first-order valence-electron chi connectivity index (χ1n) is 12.0. The summed E-state index contributed by atoms with van der Waals surface area (Å²) in [4.78, 5) is 30.3. The summed E-state index contributed by atoms with van der Waals surface area (Å²) >= 11 is 0. The maximum Gasteiger partial charge on any atom is 0.300 e. The number of aliphatic hydroxyl groups is 1. The summed E-state index contributed by atoms with van der Waals surface area (Å²) in [5, 5.41) is 11.4. The van der Waals surface area contributed by atoms with Gasteiger partial charge in [-0.1, -0.05) is 12.1 Å². The molecule has 1 fully saturated rings. The standard InChI is InChI=1S/C29H28N2O6/c1-5-35-22-12-8-19(14-17(22)2)27(32)25-26(18-6-9-20(10-7-18)30(3)4)31(29(34)28(25)33)21-11-13-23-24(15-21)37-16-36-23/h6-15,26,32H,5,16H2,1-4H3/b27-25+. The predicted octanol–water partition coefficient (Wildman–Crippen LogP) is 4.81.